The zero-order valence-corrected chi connectivity index (χ0v) is 25.6. The zero-order chi connectivity index (χ0) is 26.4. The van der Waals surface area contributed by atoms with Gasteiger partial charge in [0.1, 0.15) is 10.1 Å². The standard InChI is InChI=1S/C22H47BrN.C7H8O3S/c1-4-6-8-10-12-14-16-20-24(3,22-18-19-23)21-17-15-13-11-9-7-5-2;1-6-2-4-7(5-3-6)11(8,9)10/h4-22H2,1-3H3;2-5H,1H3,(H,8,9,10)/q+1;/p-1. The number of halogens is 1. The Morgan fingerprint density at radius 2 is 1.06 bits per heavy atom. The van der Waals surface area contributed by atoms with Crippen molar-refractivity contribution in [3.63, 3.8) is 0 Å². The minimum Gasteiger partial charge on any atom is -0.744 e. The van der Waals surface area contributed by atoms with Crippen LogP contribution in [0.3, 0.4) is 0 Å². The number of hydrogen-bond donors (Lipinski definition) is 0. The summed E-state index contributed by atoms with van der Waals surface area (Å²) in [5.41, 5.74) is 0.928. The van der Waals surface area contributed by atoms with Crippen LogP contribution in [0.2, 0.25) is 0 Å². The molecule has 0 saturated heterocycles. The van der Waals surface area contributed by atoms with Gasteiger partial charge in [0, 0.05) is 11.8 Å². The molecule has 0 radical (unpaired) electrons. The predicted molar refractivity (Wildman–Crippen MR) is 154 cm³/mol. The molecule has 0 aliphatic carbocycles. The molecule has 206 valence electrons. The second kappa shape index (κ2) is 21.6. The van der Waals surface area contributed by atoms with Crippen LogP contribution >= 0.6 is 15.9 Å². The van der Waals surface area contributed by atoms with Crippen LogP contribution in [-0.4, -0.2) is 49.5 Å². The number of alkyl halides is 1. The van der Waals surface area contributed by atoms with Gasteiger partial charge in [-0.15, -0.1) is 0 Å². The molecule has 0 amide bonds. The lowest BCUT2D eigenvalue weighted by atomic mass is 10.1. The molecule has 4 nitrogen and oxygen atoms in total. The summed E-state index contributed by atoms with van der Waals surface area (Å²) in [6.45, 7) is 10.6. The number of quaternary nitrogens is 1. The number of hydrogen-bond acceptors (Lipinski definition) is 3. The molecule has 1 rings (SSSR count). The fourth-order valence-electron chi connectivity index (χ4n) is 4.38. The van der Waals surface area contributed by atoms with Gasteiger partial charge in [0.2, 0.25) is 0 Å². The van der Waals surface area contributed by atoms with Crippen molar-refractivity contribution in [1.82, 2.24) is 0 Å². The maximum Gasteiger partial charge on any atom is 0.124 e. The summed E-state index contributed by atoms with van der Waals surface area (Å²) in [7, 11) is -1.76. The largest absolute Gasteiger partial charge is 0.744 e. The first-order chi connectivity index (χ1) is 16.7. The quantitative estimate of drug-likeness (QED) is 0.0676. The van der Waals surface area contributed by atoms with Crippen molar-refractivity contribution in [1.29, 1.82) is 0 Å². The van der Waals surface area contributed by atoms with Gasteiger partial charge in [-0.05, 0) is 44.7 Å². The van der Waals surface area contributed by atoms with E-state index in [9.17, 15) is 13.0 Å². The first kappa shape index (κ1) is 34.6. The minimum absolute atomic E-state index is 0.178. The normalized spacial score (nSPS) is 11.8. The van der Waals surface area contributed by atoms with E-state index in [1.54, 1.807) is 12.1 Å². The summed E-state index contributed by atoms with van der Waals surface area (Å²) in [4.78, 5) is -0.178. The van der Waals surface area contributed by atoms with E-state index in [0.717, 1.165) is 10.9 Å². The van der Waals surface area contributed by atoms with Crippen LogP contribution in [-0.2, 0) is 10.1 Å². The molecule has 0 aromatic heterocycles. The Balaban J connectivity index is 0.000000867. The van der Waals surface area contributed by atoms with Crippen molar-refractivity contribution in [3.05, 3.63) is 29.8 Å². The average molecular weight is 577 g/mol. The summed E-state index contributed by atoms with van der Waals surface area (Å²) in [5.74, 6) is 0. The second-order valence-corrected chi connectivity index (χ2v) is 12.5. The highest BCUT2D eigenvalue weighted by molar-refractivity contribution is 9.09. The van der Waals surface area contributed by atoms with Crippen molar-refractivity contribution in [2.75, 3.05) is 32.0 Å². The zero-order valence-electron chi connectivity index (χ0n) is 23.2. The Labute approximate surface area is 226 Å². The topological polar surface area (TPSA) is 57.2 Å². The molecule has 0 bridgehead atoms. The fraction of sp³-hybridized carbons (Fsp3) is 0.793. The first-order valence-electron chi connectivity index (χ1n) is 14.1. The van der Waals surface area contributed by atoms with E-state index in [-0.39, 0.29) is 4.90 Å². The van der Waals surface area contributed by atoms with Crippen molar-refractivity contribution >= 4 is 26.0 Å². The molecular weight excluding hydrogens is 522 g/mol. The van der Waals surface area contributed by atoms with Gasteiger partial charge in [0.15, 0.2) is 0 Å². The SMILES string of the molecule is CCCCCCCCC[N+](C)(CCCBr)CCCCCCCCC.Cc1ccc(S(=O)(=O)[O-])cc1. The van der Waals surface area contributed by atoms with Gasteiger partial charge in [-0.25, -0.2) is 8.42 Å². The second-order valence-electron chi connectivity index (χ2n) is 10.3. The van der Waals surface area contributed by atoms with Crippen LogP contribution in [0.1, 0.15) is 116 Å². The summed E-state index contributed by atoms with van der Waals surface area (Å²) < 4.78 is 32.5. The van der Waals surface area contributed by atoms with Crippen LogP contribution in [0, 0.1) is 6.92 Å². The molecule has 0 N–H and O–H groups in total. The van der Waals surface area contributed by atoms with Crippen LogP contribution in [0.4, 0.5) is 0 Å². The van der Waals surface area contributed by atoms with Gasteiger partial charge >= 0.3 is 0 Å². The summed E-state index contributed by atoms with van der Waals surface area (Å²) in [5, 5.41) is 1.16. The molecule has 0 fully saturated rings. The highest BCUT2D eigenvalue weighted by atomic mass is 79.9. The highest BCUT2D eigenvalue weighted by Crippen LogP contribution is 2.15. The first-order valence-corrected chi connectivity index (χ1v) is 16.6. The van der Waals surface area contributed by atoms with Gasteiger partial charge < -0.3 is 9.04 Å². The summed E-state index contributed by atoms with van der Waals surface area (Å²) >= 11 is 3.63. The average Bonchev–Trinajstić information content (AvgIpc) is 2.82. The van der Waals surface area contributed by atoms with Crippen molar-refractivity contribution < 1.29 is 17.5 Å². The smallest absolute Gasteiger partial charge is 0.124 e. The van der Waals surface area contributed by atoms with Crippen LogP contribution < -0.4 is 0 Å². The molecule has 6 heteroatoms. The number of nitrogens with zero attached hydrogens (tertiary/aromatic N) is 1. The highest BCUT2D eigenvalue weighted by Gasteiger charge is 2.19. The van der Waals surface area contributed by atoms with E-state index in [2.05, 4.69) is 36.8 Å². The third kappa shape index (κ3) is 20.3. The molecular formula is C29H54BrNO3S. The Bertz CT molecular complexity index is 689. The third-order valence-electron chi connectivity index (χ3n) is 6.74. The molecule has 0 spiro atoms. The summed E-state index contributed by atoms with van der Waals surface area (Å²) in [6.07, 6.45) is 21.4. The van der Waals surface area contributed by atoms with E-state index in [1.807, 2.05) is 6.92 Å². The number of rotatable bonds is 20. The van der Waals surface area contributed by atoms with Crippen molar-refractivity contribution in [3.8, 4) is 0 Å². The molecule has 1 aromatic rings. The van der Waals surface area contributed by atoms with Gasteiger partial charge in [0.25, 0.3) is 0 Å². The molecule has 35 heavy (non-hydrogen) atoms. The lowest BCUT2D eigenvalue weighted by Crippen LogP contribution is -2.46. The predicted octanol–water partition coefficient (Wildman–Crippen LogP) is 8.62. The van der Waals surface area contributed by atoms with Gasteiger partial charge in [-0.3, -0.25) is 0 Å². The fourth-order valence-corrected chi connectivity index (χ4v) is 5.10. The third-order valence-corrected chi connectivity index (χ3v) is 8.15. The van der Waals surface area contributed by atoms with Crippen molar-refractivity contribution in [2.45, 2.75) is 122 Å². The van der Waals surface area contributed by atoms with Gasteiger partial charge in [0.05, 0.1) is 31.6 Å². The van der Waals surface area contributed by atoms with E-state index in [0.29, 0.717) is 0 Å². The molecule has 0 aliphatic heterocycles. The van der Waals surface area contributed by atoms with Crippen LogP contribution in [0.15, 0.2) is 29.2 Å². The number of aryl methyl sites for hydroxylation is 1. The maximum atomic E-state index is 10.4. The lowest BCUT2D eigenvalue weighted by Gasteiger charge is -2.35. The van der Waals surface area contributed by atoms with Gasteiger partial charge in [-0.2, -0.15) is 0 Å². The van der Waals surface area contributed by atoms with Crippen LogP contribution in [0.25, 0.3) is 0 Å². The minimum atomic E-state index is -4.27. The van der Waals surface area contributed by atoms with E-state index < -0.39 is 10.1 Å². The lowest BCUT2D eigenvalue weighted by molar-refractivity contribution is -0.910. The number of benzene rings is 1. The van der Waals surface area contributed by atoms with Crippen molar-refractivity contribution in [2.24, 2.45) is 0 Å². The van der Waals surface area contributed by atoms with Crippen LogP contribution in [0.5, 0.6) is 0 Å². The Morgan fingerprint density at radius 1 is 0.686 bits per heavy atom. The van der Waals surface area contributed by atoms with Gasteiger partial charge in [-0.1, -0.05) is 112 Å². The monoisotopic (exact) mass is 575 g/mol. The molecule has 0 aliphatic rings. The number of unbranched alkanes of at least 4 members (excludes halogenated alkanes) is 12. The molecule has 0 atom stereocenters. The maximum absolute atomic E-state index is 10.4. The Hall–Kier alpha value is -0.430. The Kier molecular flexibility index (Phi) is 21.4. The van der Waals surface area contributed by atoms with E-state index in [1.165, 1.54) is 133 Å². The Morgan fingerprint density at radius 3 is 1.43 bits per heavy atom. The molecule has 0 saturated carbocycles. The summed E-state index contributed by atoms with van der Waals surface area (Å²) in [6, 6.07) is 5.78. The molecule has 0 unspecified atom stereocenters. The molecule has 0 heterocycles. The van der Waals surface area contributed by atoms with E-state index >= 15 is 0 Å². The molecule has 1 aromatic carbocycles. The van der Waals surface area contributed by atoms with E-state index in [4.69, 9.17) is 0 Å².